The van der Waals surface area contributed by atoms with Gasteiger partial charge in [0.1, 0.15) is 12.7 Å². The summed E-state index contributed by atoms with van der Waals surface area (Å²) in [5.74, 6) is 0.793. The van der Waals surface area contributed by atoms with Crippen molar-refractivity contribution in [3.05, 3.63) is 42.5 Å². The predicted molar refractivity (Wildman–Crippen MR) is 106 cm³/mol. The fourth-order valence-electron chi connectivity index (χ4n) is 2.04. The van der Waals surface area contributed by atoms with Crippen LogP contribution in [0.25, 0.3) is 5.69 Å². The van der Waals surface area contributed by atoms with E-state index in [2.05, 4.69) is 37.8 Å². The van der Waals surface area contributed by atoms with Gasteiger partial charge in [0.2, 0.25) is 0 Å². The van der Waals surface area contributed by atoms with Gasteiger partial charge in [-0.05, 0) is 31.0 Å². The largest absolute Gasteiger partial charge is 0.382 e. The van der Waals surface area contributed by atoms with Crippen molar-refractivity contribution in [2.75, 3.05) is 26.8 Å². The lowest BCUT2D eigenvalue weighted by atomic mass is 10.2. The molecule has 0 aliphatic carbocycles. The quantitative estimate of drug-likeness (QED) is 0.282. The number of nitrogens with zero attached hydrogens (tertiary/aromatic N) is 4. The van der Waals surface area contributed by atoms with E-state index in [1.54, 1.807) is 18.1 Å². The molecule has 1 aromatic heterocycles. The van der Waals surface area contributed by atoms with Crippen molar-refractivity contribution in [3.8, 4) is 5.69 Å². The number of rotatable bonds is 8. The van der Waals surface area contributed by atoms with Crippen molar-refractivity contribution < 1.29 is 4.74 Å². The average Bonchev–Trinajstić information content (AvgIpc) is 3.12. The minimum absolute atomic E-state index is 0. The highest BCUT2D eigenvalue weighted by Gasteiger charge is 2.00. The number of halogens is 1. The molecule has 2 rings (SSSR count). The molecule has 0 saturated heterocycles. The standard InChI is InChI=1S/C16H24N6O.HI/c1-3-23-10-4-9-19-16(17-2)20-11-14-5-7-15(8-6-14)22-13-18-12-21-22;/h5-8,12-13H,3-4,9-11H2,1-2H3,(H2,17,19,20);1H. The zero-order chi connectivity index (χ0) is 16.3. The summed E-state index contributed by atoms with van der Waals surface area (Å²) in [7, 11) is 1.77. The van der Waals surface area contributed by atoms with Crippen LogP contribution >= 0.6 is 24.0 Å². The van der Waals surface area contributed by atoms with Gasteiger partial charge in [-0.3, -0.25) is 4.99 Å². The number of nitrogens with one attached hydrogen (secondary N) is 2. The molecule has 7 nitrogen and oxygen atoms in total. The molecule has 8 heteroatoms. The third-order valence-corrected chi connectivity index (χ3v) is 3.27. The Hall–Kier alpha value is -1.68. The molecule has 0 bridgehead atoms. The minimum Gasteiger partial charge on any atom is -0.382 e. The highest BCUT2D eigenvalue weighted by Crippen LogP contribution is 2.07. The maximum Gasteiger partial charge on any atom is 0.191 e. The van der Waals surface area contributed by atoms with E-state index in [0.717, 1.165) is 37.8 Å². The number of guanidine groups is 1. The summed E-state index contributed by atoms with van der Waals surface area (Å²) in [5, 5.41) is 10.7. The molecule has 1 aromatic carbocycles. The Kier molecular flexibility index (Phi) is 10.0. The first kappa shape index (κ1) is 20.4. The summed E-state index contributed by atoms with van der Waals surface area (Å²) in [4.78, 5) is 8.16. The van der Waals surface area contributed by atoms with Crippen LogP contribution in [0, 0.1) is 0 Å². The highest BCUT2D eigenvalue weighted by molar-refractivity contribution is 14.0. The number of hydrogen-bond acceptors (Lipinski definition) is 4. The zero-order valence-corrected chi connectivity index (χ0v) is 16.4. The van der Waals surface area contributed by atoms with Crippen molar-refractivity contribution in [3.63, 3.8) is 0 Å². The van der Waals surface area contributed by atoms with Crippen LogP contribution in [0.1, 0.15) is 18.9 Å². The van der Waals surface area contributed by atoms with Crippen molar-refractivity contribution in [2.45, 2.75) is 19.9 Å². The number of aromatic nitrogens is 3. The molecular formula is C16H25IN6O. The van der Waals surface area contributed by atoms with Gasteiger partial charge >= 0.3 is 0 Å². The molecule has 0 unspecified atom stereocenters. The molecule has 1 heterocycles. The first-order valence-electron chi connectivity index (χ1n) is 7.79. The second-order valence-corrected chi connectivity index (χ2v) is 4.91. The smallest absolute Gasteiger partial charge is 0.191 e. The molecule has 0 spiro atoms. The van der Waals surface area contributed by atoms with Crippen LogP contribution in [0.4, 0.5) is 0 Å². The molecule has 0 aliphatic heterocycles. The van der Waals surface area contributed by atoms with Gasteiger partial charge in [-0.2, -0.15) is 5.10 Å². The first-order valence-corrected chi connectivity index (χ1v) is 7.79. The summed E-state index contributed by atoms with van der Waals surface area (Å²) < 4.78 is 7.04. The van der Waals surface area contributed by atoms with E-state index in [4.69, 9.17) is 4.74 Å². The molecular weight excluding hydrogens is 419 g/mol. The van der Waals surface area contributed by atoms with Crippen LogP contribution < -0.4 is 10.6 Å². The van der Waals surface area contributed by atoms with E-state index < -0.39 is 0 Å². The Labute approximate surface area is 159 Å². The fourth-order valence-corrected chi connectivity index (χ4v) is 2.04. The average molecular weight is 444 g/mol. The maximum absolute atomic E-state index is 5.31. The molecule has 0 aliphatic rings. The second kappa shape index (κ2) is 11.8. The lowest BCUT2D eigenvalue weighted by molar-refractivity contribution is 0.145. The normalized spacial score (nSPS) is 11.0. The summed E-state index contributed by atoms with van der Waals surface area (Å²) in [6.07, 6.45) is 4.17. The second-order valence-electron chi connectivity index (χ2n) is 4.91. The van der Waals surface area contributed by atoms with Crippen molar-refractivity contribution in [1.82, 2.24) is 25.4 Å². The number of aliphatic imine (C=N–C) groups is 1. The number of benzene rings is 1. The first-order chi connectivity index (χ1) is 11.3. The minimum atomic E-state index is 0. The van der Waals surface area contributed by atoms with Crippen LogP contribution in [-0.2, 0) is 11.3 Å². The van der Waals surface area contributed by atoms with Crippen molar-refractivity contribution in [2.24, 2.45) is 4.99 Å². The molecule has 0 saturated carbocycles. The van der Waals surface area contributed by atoms with E-state index in [-0.39, 0.29) is 24.0 Å². The van der Waals surface area contributed by atoms with E-state index in [1.165, 1.54) is 11.9 Å². The number of hydrogen-bond donors (Lipinski definition) is 2. The number of ether oxygens (including phenoxy) is 1. The fraction of sp³-hybridized carbons (Fsp3) is 0.438. The molecule has 24 heavy (non-hydrogen) atoms. The monoisotopic (exact) mass is 444 g/mol. The van der Waals surface area contributed by atoms with E-state index in [0.29, 0.717) is 6.54 Å². The summed E-state index contributed by atoms with van der Waals surface area (Å²) in [5.41, 5.74) is 2.16. The Morgan fingerprint density at radius 3 is 2.67 bits per heavy atom. The Balaban J connectivity index is 0.00000288. The van der Waals surface area contributed by atoms with Crippen molar-refractivity contribution >= 4 is 29.9 Å². The van der Waals surface area contributed by atoms with Crippen LogP contribution in [0.2, 0.25) is 0 Å². The Morgan fingerprint density at radius 2 is 2.04 bits per heavy atom. The maximum atomic E-state index is 5.31. The molecule has 0 radical (unpaired) electrons. The van der Waals surface area contributed by atoms with Crippen molar-refractivity contribution in [1.29, 1.82) is 0 Å². The molecule has 0 atom stereocenters. The van der Waals surface area contributed by atoms with Gasteiger partial charge in [-0.1, -0.05) is 12.1 Å². The van der Waals surface area contributed by atoms with Crippen LogP contribution in [0.3, 0.4) is 0 Å². The van der Waals surface area contributed by atoms with E-state index in [9.17, 15) is 0 Å². The lowest BCUT2D eigenvalue weighted by Crippen LogP contribution is -2.37. The zero-order valence-electron chi connectivity index (χ0n) is 14.1. The molecule has 2 N–H and O–H groups in total. The molecule has 132 valence electrons. The third-order valence-electron chi connectivity index (χ3n) is 3.27. The van der Waals surface area contributed by atoms with Crippen LogP contribution in [0.15, 0.2) is 41.9 Å². The Bertz CT molecular complexity index is 585. The predicted octanol–water partition coefficient (Wildman–Crippen LogP) is 1.98. The van der Waals surface area contributed by atoms with Crippen LogP contribution in [-0.4, -0.2) is 47.5 Å². The van der Waals surface area contributed by atoms with Gasteiger partial charge in [0, 0.05) is 33.4 Å². The van der Waals surface area contributed by atoms with Gasteiger partial charge in [0.15, 0.2) is 5.96 Å². The SMILES string of the molecule is CCOCCCNC(=NC)NCc1ccc(-n2cncn2)cc1.I. The van der Waals surface area contributed by atoms with Gasteiger partial charge in [0.05, 0.1) is 5.69 Å². The molecule has 2 aromatic rings. The molecule has 0 amide bonds. The highest BCUT2D eigenvalue weighted by atomic mass is 127. The summed E-state index contributed by atoms with van der Waals surface area (Å²) >= 11 is 0. The molecule has 0 fully saturated rings. The lowest BCUT2D eigenvalue weighted by Gasteiger charge is -2.12. The topological polar surface area (TPSA) is 76.4 Å². The van der Waals surface area contributed by atoms with Gasteiger partial charge in [-0.25, -0.2) is 9.67 Å². The Morgan fingerprint density at radius 1 is 1.25 bits per heavy atom. The van der Waals surface area contributed by atoms with Gasteiger partial charge in [-0.15, -0.1) is 24.0 Å². The van der Waals surface area contributed by atoms with Gasteiger partial charge < -0.3 is 15.4 Å². The van der Waals surface area contributed by atoms with Crippen LogP contribution in [0.5, 0.6) is 0 Å². The summed E-state index contributed by atoms with van der Waals surface area (Å²) in [6, 6.07) is 8.16. The van der Waals surface area contributed by atoms with E-state index in [1.807, 2.05) is 19.1 Å². The third kappa shape index (κ3) is 6.83. The summed E-state index contributed by atoms with van der Waals surface area (Å²) in [6.45, 7) is 5.08. The van der Waals surface area contributed by atoms with E-state index >= 15 is 0 Å². The van der Waals surface area contributed by atoms with Gasteiger partial charge in [0.25, 0.3) is 0 Å².